The van der Waals surface area contributed by atoms with Crippen LogP contribution in [0.15, 0.2) is 10.9 Å². The van der Waals surface area contributed by atoms with E-state index in [1.54, 1.807) is 21.4 Å². The van der Waals surface area contributed by atoms with E-state index in [0.29, 0.717) is 19.5 Å². The molecule has 1 aromatic heterocycles. The second kappa shape index (κ2) is 6.25. The fraction of sp³-hybridized carbons (Fsp3) is 0.650. The fourth-order valence-corrected chi connectivity index (χ4v) is 5.01. The van der Waals surface area contributed by atoms with Crippen LogP contribution in [0.3, 0.4) is 0 Å². The van der Waals surface area contributed by atoms with Gasteiger partial charge in [0.25, 0.3) is 11.5 Å². The molecule has 0 aromatic carbocycles. The highest BCUT2D eigenvalue weighted by atomic mass is 16.2. The molecule has 140 valence electrons. The van der Waals surface area contributed by atoms with E-state index in [1.165, 1.54) is 0 Å². The predicted octanol–water partition coefficient (Wildman–Crippen LogP) is 1.35. The van der Waals surface area contributed by atoms with Gasteiger partial charge in [0, 0.05) is 39.4 Å². The Morgan fingerprint density at radius 2 is 1.81 bits per heavy atom. The lowest BCUT2D eigenvalue weighted by Gasteiger charge is -2.37. The van der Waals surface area contributed by atoms with E-state index in [2.05, 4.69) is 0 Å². The maximum atomic E-state index is 13.1. The molecule has 0 saturated carbocycles. The summed E-state index contributed by atoms with van der Waals surface area (Å²) in [6.07, 6.45) is 6.55. The van der Waals surface area contributed by atoms with Gasteiger partial charge in [0.1, 0.15) is 5.56 Å². The summed E-state index contributed by atoms with van der Waals surface area (Å²) in [4.78, 5) is 42.1. The van der Waals surface area contributed by atoms with E-state index >= 15 is 0 Å². The molecule has 6 heteroatoms. The maximum absolute atomic E-state index is 13.1. The third kappa shape index (κ3) is 2.58. The lowest BCUT2D eigenvalue weighted by atomic mass is 9.78. The number of aryl methyl sites for hydroxylation is 1. The Morgan fingerprint density at radius 3 is 2.62 bits per heavy atom. The van der Waals surface area contributed by atoms with E-state index < -0.39 is 5.41 Å². The highest BCUT2D eigenvalue weighted by Gasteiger charge is 2.48. The van der Waals surface area contributed by atoms with Crippen LogP contribution in [0.2, 0.25) is 0 Å². The van der Waals surface area contributed by atoms with Crippen molar-refractivity contribution in [3.63, 3.8) is 0 Å². The Kier molecular flexibility index (Phi) is 4.16. The molecule has 0 unspecified atom stereocenters. The molecule has 2 aliphatic heterocycles. The topological polar surface area (TPSA) is 62.6 Å². The number of rotatable bonds is 1. The first kappa shape index (κ1) is 17.3. The number of pyridine rings is 1. The Bertz CT molecular complexity index is 828. The first-order chi connectivity index (χ1) is 12.4. The molecule has 1 atom stereocenters. The fourth-order valence-electron chi connectivity index (χ4n) is 5.01. The molecule has 6 nitrogen and oxygen atoms in total. The van der Waals surface area contributed by atoms with E-state index in [-0.39, 0.29) is 22.9 Å². The van der Waals surface area contributed by atoms with Gasteiger partial charge >= 0.3 is 0 Å². The number of hydrogen-bond acceptors (Lipinski definition) is 3. The molecular formula is C20H27N3O3. The SMILES string of the molecule is CN1CCC[C@@]2(CCN(C(=O)c3cc4c(n(C)c3=O)CCCC4)C2)C1=O. The Hall–Kier alpha value is -2.11. The van der Waals surface area contributed by atoms with Crippen LogP contribution in [0.1, 0.15) is 53.7 Å². The monoisotopic (exact) mass is 357 g/mol. The molecule has 3 aliphatic rings. The smallest absolute Gasteiger partial charge is 0.263 e. The summed E-state index contributed by atoms with van der Waals surface area (Å²) < 4.78 is 1.66. The average Bonchev–Trinajstić information content (AvgIpc) is 3.07. The minimum atomic E-state index is -0.442. The molecular weight excluding hydrogens is 330 g/mol. The highest BCUT2D eigenvalue weighted by Crippen LogP contribution is 2.40. The van der Waals surface area contributed by atoms with Crippen LogP contribution in [0.5, 0.6) is 0 Å². The zero-order chi connectivity index (χ0) is 18.5. The second-order valence-electron chi connectivity index (χ2n) is 8.19. The standard InChI is InChI=1S/C20H27N3O3/c1-21-10-5-8-20(19(21)26)9-11-23(13-20)18(25)15-12-14-6-3-4-7-16(14)22(2)17(15)24/h12H,3-11,13H2,1-2H3/t20-/m0/s1. The average molecular weight is 357 g/mol. The molecule has 2 amide bonds. The number of hydrogen-bond donors (Lipinski definition) is 0. The van der Waals surface area contributed by atoms with Crippen LogP contribution < -0.4 is 5.56 Å². The van der Waals surface area contributed by atoms with Crippen molar-refractivity contribution in [1.82, 2.24) is 14.4 Å². The predicted molar refractivity (Wildman–Crippen MR) is 98.1 cm³/mol. The van der Waals surface area contributed by atoms with Gasteiger partial charge in [-0.25, -0.2) is 0 Å². The van der Waals surface area contributed by atoms with E-state index in [1.807, 2.05) is 13.1 Å². The number of fused-ring (bicyclic) bond motifs is 1. The van der Waals surface area contributed by atoms with Gasteiger partial charge in [-0.3, -0.25) is 14.4 Å². The lowest BCUT2D eigenvalue weighted by Crippen LogP contribution is -2.49. The third-order valence-electron chi connectivity index (χ3n) is 6.56. The normalized spacial score (nSPS) is 25.7. The van der Waals surface area contributed by atoms with Gasteiger partial charge in [-0.1, -0.05) is 0 Å². The van der Waals surface area contributed by atoms with Crippen LogP contribution in [0, 0.1) is 5.41 Å². The van der Waals surface area contributed by atoms with Gasteiger partial charge in [-0.2, -0.15) is 0 Å². The molecule has 1 aromatic rings. The minimum absolute atomic E-state index is 0.150. The van der Waals surface area contributed by atoms with Gasteiger partial charge in [0.15, 0.2) is 0 Å². The van der Waals surface area contributed by atoms with Gasteiger partial charge < -0.3 is 14.4 Å². The molecule has 0 radical (unpaired) electrons. The number of carbonyl (C=O) groups excluding carboxylic acids is 2. The summed E-state index contributed by atoms with van der Waals surface area (Å²) in [5.41, 5.74) is 1.82. The molecule has 0 N–H and O–H groups in total. The van der Waals surface area contributed by atoms with Crippen molar-refractivity contribution >= 4 is 11.8 Å². The zero-order valence-corrected chi connectivity index (χ0v) is 15.7. The van der Waals surface area contributed by atoms with E-state index in [0.717, 1.165) is 56.3 Å². The molecule has 1 aliphatic carbocycles. The summed E-state index contributed by atoms with van der Waals surface area (Å²) in [7, 11) is 3.61. The van der Waals surface area contributed by atoms with Crippen LogP contribution >= 0.6 is 0 Å². The van der Waals surface area contributed by atoms with Gasteiger partial charge in [-0.05, 0) is 56.6 Å². The number of aromatic nitrogens is 1. The van der Waals surface area contributed by atoms with Gasteiger partial charge in [-0.15, -0.1) is 0 Å². The first-order valence-electron chi connectivity index (χ1n) is 9.70. The number of likely N-dealkylation sites (tertiary alicyclic amines) is 2. The van der Waals surface area contributed by atoms with Crippen molar-refractivity contribution in [2.24, 2.45) is 12.5 Å². The van der Waals surface area contributed by atoms with E-state index in [9.17, 15) is 14.4 Å². The summed E-state index contributed by atoms with van der Waals surface area (Å²) >= 11 is 0. The zero-order valence-electron chi connectivity index (χ0n) is 15.7. The van der Waals surface area contributed by atoms with Crippen LogP contribution in [-0.2, 0) is 24.7 Å². The number of amides is 2. The Morgan fingerprint density at radius 1 is 1.04 bits per heavy atom. The molecule has 0 bridgehead atoms. The van der Waals surface area contributed by atoms with Gasteiger partial charge in [0.05, 0.1) is 5.41 Å². The Balaban J connectivity index is 1.62. The van der Waals surface area contributed by atoms with Gasteiger partial charge in [0.2, 0.25) is 5.91 Å². The van der Waals surface area contributed by atoms with Crippen LogP contribution in [0.25, 0.3) is 0 Å². The number of nitrogens with zero attached hydrogens (tertiary/aromatic N) is 3. The summed E-state index contributed by atoms with van der Waals surface area (Å²) in [5.74, 6) is -0.0609. The second-order valence-corrected chi connectivity index (χ2v) is 8.19. The molecule has 1 spiro atoms. The quantitative estimate of drug-likeness (QED) is 0.762. The van der Waals surface area contributed by atoms with Crippen molar-refractivity contribution in [3.05, 3.63) is 33.2 Å². The van der Waals surface area contributed by atoms with Crippen LogP contribution in [0.4, 0.5) is 0 Å². The summed E-state index contributed by atoms with van der Waals surface area (Å²) in [6, 6.07) is 1.82. The minimum Gasteiger partial charge on any atom is -0.345 e. The van der Waals surface area contributed by atoms with Crippen LogP contribution in [-0.4, -0.2) is 52.9 Å². The molecule has 4 rings (SSSR count). The molecule has 2 saturated heterocycles. The largest absolute Gasteiger partial charge is 0.345 e. The van der Waals surface area contributed by atoms with Crippen molar-refractivity contribution < 1.29 is 9.59 Å². The van der Waals surface area contributed by atoms with Crippen molar-refractivity contribution in [1.29, 1.82) is 0 Å². The first-order valence-corrected chi connectivity index (χ1v) is 9.70. The number of piperidine rings is 1. The lowest BCUT2D eigenvalue weighted by molar-refractivity contribution is -0.143. The molecule has 2 fully saturated rings. The number of carbonyl (C=O) groups is 2. The van der Waals surface area contributed by atoms with Crippen molar-refractivity contribution in [2.75, 3.05) is 26.7 Å². The van der Waals surface area contributed by atoms with Crippen molar-refractivity contribution in [2.45, 2.75) is 44.9 Å². The third-order valence-corrected chi connectivity index (χ3v) is 6.56. The van der Waals surface area contributed by atoms with Crippen molar-refractivity contribution in [3.8, 4) is 0 Å². The molecule has 3 heterocycles. The Labute approximate surface area is 153 Å². The molecule has 26 heavy (non-hydrogen) atoms. The highest BCUT2D eigenvalue weighted by molar-refractivity contribution is 5.95. The summed E-state index contributed by atoms with van der Waals surface area (Å²) in [5, 5.41) is 0. The summed E-state index contributed by atoms with van der Waals surface area (Å²) in [6.45, 7) is 1.79. The van der Waals surface area contributed by atoms with E-state index in [4.69, 9.17) is 0 Å². The maximum Gasteiger partial charge on any atom is 0.263 e.